The summed E-state index contributed by atoms with van der Waals surface area (Å²) in [4.78, 5) is 4.22. The van der Waals surface area contributed by atoms with Crippen LogP contribution in [0.25, 0.3) is 0 Å². The molecule has 2 heterocycles. The van der Waals surface area contributed by atoms with E-state index in [1.54, 1.807) is 19.5 Å². The van der Waals surface area contributed by atoms with Crippen molar-refractivity contribution in [2.45, 2.75) is 19.9 Å². The van der Waals surface area contributed by atoms with Gasteiger partial charge in [0.05, 0.1) is 6.26 Å². The van der Waals surface area contributed by atoms with Gasteiger partial charge in [0, 0.05) is 45.5 Å². The highest BCUT2D eigenvalue weighted by Gasteiger charge is 2.05. The Bertz CT molecular complexity index is 518. The maximum atomic E-state index is 5.30. The van der Waals surface area contributed by atoms with Gasteiger partial charge in [-0.1, -0.05) is 6.92 Å². The fourth-order valence-corrected chi connectivity index (χ4v) is 2.04. The van der Waals surface area contributed by atoms with Crippen LogP contribution in [0.4, 0.5) is 0 Å². The first-order chi connectivity index (χ1) is 10.3. The first-order valence-corrected chi connectivity index (χ1v) is 7.22. The first-order valence-electron chi connectivity index (χ1n) is 7.22. The van der Waals surface area contributed by atoms with Crippen LogP contribution in [0.1, 0.15) is 12.7 Å². The lowest BCUT2D eigenvalue weighted by molar-refractivity contribution is 0.443. The summed E-state index contributed by atoms with van der Waals surface area (Å²) in [5.74, 6) is 2.26. The van der Waals surface area contributed by atoms with Crippen LogP contribution in [0.5, 0.6) is 0 Å². The van der Waals surface area contributed by atoms with Crippen molar-refractivity contribution in [2.24, 2.45) is 10.9 Å². The highest BCUT2D eigenvalue weighted by Crippen LogP contribution is 2.00. The number of guanidine groups is 1. The summed E-state index contributed by atoms with van der Waals surface area (Å²) in [6, 6.07) is 5.82. The second-order valence-corrected chi connectivity index (χ2v) is 5.04. The zero-order chi connectivity index (χ0) is 14.9. The minimum absolute atomic E-state index is 0.466. The van der Waals surface area contributed by atoms with Gasteiger partial charge >= 0.3 is 0 Å². The summed E-state index contributed by atoms with van der Waals surface area (Å²) < 4.78 is 7.24. The Kier molecular flexibility index (Phi) is 5.87. The molecule has 2 aromatic rings. The fourth-order valence-electron chi connectivity index (χ4n) is 2.04. The van der Waals surface area contributed by atoms with E-state index in [-0.39, 0.29) is 0 Å². The van der Waals surface area contributed by atoms with Gasteiger partial charge in [0.25, 0.3) is 0 Å². The zero-order valence-corrected chi connectivity index (χ0v) is 12.6. The molecular weight excluding hydrogens is 266 g/mol. The minimum atomic E-state index is 0.466. The van der Waals surface area contributed by atoms with Crippen molar-refractivity contribution in [3.05, 3.63) is 42.6 Å². The normalized spacial score (nSPS) is 13.1. The summed E-state index contributed by atoms with van der Waals surface area (Å²) in [5.41, 5.74) is 0. The van der Waals surface area contributed by atoms with Crippen LogP contribution in [-0.2, 0) is 13.0 Å². The lowest BCUT2D eigenvalue weighted by Gasteiger charge is -2.16. The van der Waals surface area contributed by atoms with E-state index in [1.807, 2.05) is 29.1 Å². The number of aromatic nitrogens is 2. The molecule has 0 aliphatic carbocycles. The standard InChI is InChI=1S/C15H23N5O/c1-13(12-20-9-4-7-19-20)11-18-15(16-2)17-8-6-14-5-3-10-21-14/h3-5,7,9-10,13H,6,8,11-12H2,1-2H3,(H2,16,17,18). The minimum Gasteiger partial charge on any atom is -0.469 e. The van der Waals surface area contributed by atoms with Crippen LogP contribution in [-0.4, -0.2) is 35.9 Å². The van der Waals surface area contributed by atoms with Crippen molar-refractivity contribution < 1.29 is 4.42 Å². The summed E-state index contributed by atoms with van der Waals surface area (Å²) in [5, 5.41) is 10.8. The molecule has 6 nitrogen and oxygen atoms in total. The molecule has 2 aromatic heterocycles. The van der Waals surface area contributed by atoms with E-state index in [0.29, 0.717) is 5.92 Å². The molecule has 114 valence electrons. The SMILES string of the molecule is CN=C(NCCc1ccco1)NCC(C)Cn1cccn1. The maximum Gasteiger partial charge on any atom is 0.191 e. The molecule has 0 saturated heterocycles. The third kappa shape index (κ3) is 5.33. The number of nitrogens with zero attached hydrogens (tertiary/aromatic N) is 3. The van der Waals surface area contributed by atoms with Gasteiger partial charge in [-0.3, -0.25) is 9.67 Å². The van der Waals surface area contributed by atoms with Gasteiger partial charge < -0.3 is 15.1 Å². The molecule has 2 N–H and O–H groups in total. The molecule has 0 bridgehead atoms. The van der Waals surface area contributed by atoms with Gasteiger partial charge in [0.2, 0.25) is 0 Å². The highest BCUT2D eigenvalue weighted by atomic mass is 16.3. The molecule has 1 atom stereocenters. The number of hydrogen-bond donors (Lipinski definition) is 2. The van der Waals surface area contributed by atoms with E-state index >= 15 is 0 Å². The van der Waals surface area contributed by atoms with E-state index in [2.05, 4.69) is 27.6 Å². The molecule has 0 spiro atoms. The number of furan rings is 1. The lowest BCUT2D eigenvalue weighted by atomic mass is 10.2. The Hall–Kier alpha value is -2.24. The third-order valence-corrected chi connectivity index (χ3v) is 3.14. The van der Waals surface area contributed by atoms with Gasteiger partial charge in [0.1, 0.15) is 5.76 Å². The van der Waals surface area contributed by atoms with Crippen LogP contribution >= 0.6 is 0 Å². The van der Waals surface area contributed by atoms with Gasteiger partial charge in [-0.25, -0.2) is 0 Å². The van der Waals surface area contributed by atoms with Crippen LogP contribution in [0.15, 0.2) is 46.3 Å². The summed E-state index contributed by atoms with van der Waals surface area (Å²) >= 11 is 0. The van der Waals surface area contributed by atoms with E-state index < -0.39 is 0 Å². The van der Waals surface area contributed by atoms with Crippen LogP contribution in [0.2, 0.25) is 0 Å². The summed E-state index contributed by atoms with van der Waals surface area (Å²) in [7, 11) is 1.78. The van der Waals surface area contributed by atoms with Crippen molar-refractivity contribution in [3.8, 4) is 0 Å². The van der Waals surface area contributed by atoms with Crippen molar-refractivity contribution in [1.82, 2.24) is 20.4 Å². The first kappa shape index (κ1) is 15.2. The molecule has 0 saturated carbocycles. The average molecular weight is 289 g/mol. The van der Waals surface area contributed by atoms with Crippen molar-refractivity contribution in [2.75, 3.05) is 20.1 Å². The topological polar surface area (TPSA) is 67.4 Å². The Morgan fingerprint density at radius 2 is 2.33 bits per heavy atom. The Morgan fingerprint density at radius 3 is 3.00 bits per heavy atom. The van der Waals surface area contributed by atoms with E-state index in [9.17, 15) is 0 Å². The van der Waals surface area contributed by atoms with Crippen LogP contribution < -0.4 is 10.6 Å². The van der Waals surface area contributed by atoms with Crippen molar-refractivity contribution >= 4 is 5.96 Å². The van der Waals surface area contributed by atoms with Gasteiger partial charge in [0.15, 0.2) is 5.96 Å². The maximum absolute atomic E-state index is 5.30. The summed E-state index contributed by atoms with van der Waals surface area (Å²) in [6.07, 6.45) is 6.32. The van der Waals surface area contributed by atoms with Gasteiger partial charge in [-0.2, -0.15) is 5.10 Å². The molecule has 0 aliphatic rings. The Labute approximate surface area is 125 Å². The zero-order valence-electron chi connectivity index (χ0n) is 12.6. The highest BCUT2D eigenvalue weighted by molar-refractivity contribution is 5.79. The quantitative estimate of drug-likeness (QED) is 0.599. The monoisotopic (exact) mass is 289 g/mol. The van der Waals surface area contributed by atoms with Gasteiger partial charge in [-0.15, -0.1) is 0 Å². The van der Waals surface area contributed by atoms with E-state index in [4.69, 9.17) is 4.42 Å². The molecular formula is C15H23N5O. The fraction of sp³-hybridized carbons (Fsp3) is 0.467. The van der Waals surface area contributed by atoms with Crippen LogP contribution in [0.3, 0.4) is 0 Å². The molecule has 2 rings (SSSR count). The van der Waals surface area contributed by atoms with Crippen molar-refractivity contribution in [1.29, 1.82) is 0 Å². The number of hydrogen-bond acceptors (Lipinski definition) is 3. The molecule has 0 aliphatic heterocycles. The van der Waals surface area contributed by atoms with E-state index in [1.165, 1.54) is 0 Å². The number of nitrogens with one attached hydrogen (secondary N) is 2. The Morgan fingerprint density at radius 1 is 1.43 bits per heavy atom. The second kappa shape index (κ2) is 8.14. The van der Waals surface area contributed by atoms with E-state index in [0.717, 1.165) is 37.8 Å². The largest absolute Gasteiger partial charge is 0.469 e. The smallest absolute Gasteiger partial charge is 0.191 e. The van der Waals surface area contributed by atoms with Gasteiger partial charge in [-0.05, 0) is 24.1 Å². The molecule has 0 amide bonds. The molecule has 6 heteroatoms. The number of aliphatic imine (C=N–C) groups is 1. The molecule has 0 aromatic carbocycles. The molecule has 0 fully saturated rings. The lowest BCUT2D eigenvalue weighted by Crippen LogP contribution is -2.40. The second-order valence-electron chi connectivity index (χ2n) is 5.04. The molecule has 1 unspecified atom stereocenters. The predicted molar refractivity (Wildman–Crippen MR) is 83.2 cm³/mol. The van der Waals surface area contributed by atoms with Crippen LogP contribution in [0, 0.1) is 5.92 Å². The average Bonchev–Trinajstić information content (AvgIpc) is 3.16. The third-order valence-electron chi connectivity index (χ3n) is 3.14. The van der Waals surface area contributed by atoms with Crippen molar-refractivity contribution in [3.63, 3.8) is 0 Å². The summed E-state index contributed by atoms with van der Waals surface area (Å²) in [6.45, 7) is 4.72. The predicted octanol–water partition coefficient (Wildman–Crippen LogP) is 1.52. The number of rotatable bonds is 7. The molecule has 0 radical (unpaired) electrons. The Balaban J connectivity index is 1.65. The molecule has 21 heavy (non-hydrogen) atoms.